The Balaban J connectivity index is 1.39. The van der Waals surface area contributed by atoms with Crippen molar-refractivity contribution in [3.05, 3.63) is 68.2 Å². The molecule has 0 aromatic carbocycles. The molecule has 11 heteroatoms. The third-order valence-electron chi connectivity index (χ3n) is 5.69. The van der Waals surface area contributed by atoms with Crippen molar-refractivity contribution >= 4 is 34.4 Å². The average Bonchev–Trinajstić information content (AvgIpc) is 3.57. The molecule has 5 rings (SSSR count). The van der Waals surface area contributed by atoms with Crippen LogP contribution >= 0.6 is 11.6 Å². The van der Waals surface area contributed by atoms with Gasteiger partial charge >= 0.3 is 5.69 Å². The molecule has 0 radical (unpaired) electrons. The molecule has 0 atom stereocenters. The van der Waals surface area contributed by atoms with Crippen molar-refractivity contribution < 1.29 is 4.79 Å². The van der Waals surface area contributed by atoms with Crippen molar-refractivity contribution in [1.82, 2.24) is 29.1 Å². The highest BCUT2D eigenvalue weighted by Crippen LogP contribution is 2.32. The van der Waals surface area contributed by atoms with E-state index in [2.05, 4.69) is 25.3 Å². The number of hydrogen-bond acceptors (Lipinski definition) is 7. The number of nitrogens with zero attached hydrogens (tertiary/aromatic N) is 5. The Kier molecular flexibility index (Phi) is 5.74. The number of anilines is 1. The minimum atomic E-state index is -0.338. The Labute approximate surface area is 198 Å². The fraction of sp³-hybridized carbons (Fsp3) is 0.304. The first-order chi connectivity index (χ1) is 16.5. The molecular weight excluding hydrogens is 458 g/mol. The second kappa shape index (κ2) is 8.86. The van der Waals surface area contributed by atoms with Crippen molar-refractivity contribution in [2.24, 2.45) is 0 Å². The van der Waals surface area contributed by atoms with E-state index < -0.39 is 0 Å². The first kappa shape index (κ1) is 22.0. The van der Waals surface area contributed by atoms with E-state index in [4.69, 9.17) is 11.6 Å². The highest BCUT2D eigenvalue weighted by atomic mass is 35.5. The number of Topliss-reactive ketones (excluding diaryl/α,β-unsaturated/α-hetero) is 1. The molecule has 4 aromatic rings. The Morgan fingerprint density at radius 1 is 1.18 bits per heavy atom. The van der Waals surface area contributed by atoms with Gasteiger partial charge in [0.1, 0.15) is 22.3 Å². The number of carbonyl (C=O) groups is 1. The smallest absolute Gasteiger partial charge is 0.333 e. The highest BCUT2D eigenvalue weighted by Gasteiger charge is 2.29. The maximum Gasteiger partial charge on any atom is 0.333 e. The van der Waals surface area contributed by atoms with E-state index in [-0.39, 0.29) is 29.6 Å². The summed E-state index contributed by atoms with van der Waals surface area (Å²) in [5.74, 6) is 0.814. The van der Waals surface area contributed by atoms with Crippen LogP contribution in [0.2, 0.25) is 5.15 Å². The number of ketones is 1. The molecule has 0 spiro atoms. The summed E-state index contributed by atoms with van der Waals surface area (Å²) in [5, 5.41) is 3.31. The molecule has 1 aliphatic rings. The minimum Gasteiger partial charge on any atom is -0.363 e. The second-order valence-corrected chi connectivity index (χ2v) is 8.59. The van der Waals surface area contributed by atoms with Crippen LogP contribution in [0.3, 0.4) is 0 Å². The highest BCUT2D eigenvalue weighted by molar-refractivity contribution is 6.29. The van der Waals surface area contributed by atoms with Crippen LogP contribution in [0.1, 0.15) is 42.6 Å². The van der Waals surface area contributed by atoms with Crippen LogP contribution in [0.5, 0.6) is 0 Å². The predicted octanol–water partition coefficient (Wildman–Crippen LogP) is 3.04. The molecule has 4 heterocycles. The van der Waals surface area contributed by atoms with Gasteiger partial charge in [0.2, 0.25) is 0 Å². The molecule has 1 fully saturated rings. The van der Waals surface area contributed by atoms with E-state index >= 15 is 0 Å². The lowest BCUT2D eigenvalue weighted by molar-refractivity contribution is 0.101. The van der Waals surface area contributed by atoms with Crippen molar-refractivity contribution in [3.63, 3.8) is 0 Å². The van der Waals surface area contributed by atoms with Gasteiger partial charge in [-0.1, -0.05) is 18.5 Å². The van der Waals surface area contributed by atoms with E-state index in [1.807, 2.05) is 6.92 Å². The standard InChI is InChI=1S/C23H22ClN7O3/c1-2-9-30-21-19(22(33)31(23(30)34)15-5-6-15)28-20(29-21)14-4-8-18(26-11-14)27-12-16(32)13-3-7-17(24)25-10-13/h3-4,7-8,10-11,15H,2,5-6,9,12H2,1H3,(H,26,27)(H,28,29). The minimum absolute atomic E-state index is 0.0300. The number of carbonyl (C=O) groups excluding carboxylic acids is 1. The van der Waals surface area contributed by atoms with E-state index in [0.717, 1.165) is 19.3 Å². The van der Waals surface area contributed by atoms with E-state index in [1.165, 1.54) is 10.8 Å². The van der Waals surface area contributed by atoms with Gasteiger partial charge in [0.05, 0.1) is 6.54 Å². The normalized spacial score (nSPS) is 13.4. The molecule has 0 saturated heterocycles. The SMILES string of the molecule is CCCn1c(=O)n(C2CC2)c(=O)c2[nH]c(-c3ccc(NCC(=O)c4ccc(Cl)nc4)nc3)nc21. The molecule has 0 unspecified atom stereocenters. The lowest BCUT2D eigenvalue weighted by atomic mass is 10.2. The lowest BCUT2D eigenvalue weighted by Crippen LogP contribution is -2.39. The average molecular weight is 480 g/mol. The van der Waals surface area contributed by atoms with Crippen LogP contribution in [-0.2, 0) is 6.54 Å². The summed E-state index contributed by atoms with van der Waals surface area (Å²) in [6.45, 7) is 2.50. The topological polar surface area (TPSA) is 128 Å². The Hall–Kier alpha value is -3.79. The van der Waals surface area contributed by atoms with Crippen molar-refractivity contribution in [2.75, 3.05) is 11.9 Å². The van der Waals surface area contributed by atoms with Gasteiger partial charge in [-0.3, -0.25) is 18.7 Å². The molecule has 0 bridgehead atoms. The molecule has 1 aliphatic carbocycles. The number of aromatic nitrogens is 6. The number of H-pyrrole nitrogens is 1. The lowest BCUT2D eigenvalue weighted by Gasteiger charge is -2.09. The van der Waals surface area contributed by atoms with Crippen LogP contribution in [0.4, 0.5) is 5.82 Å². The molecule has 34 heavy (non-hydrogen) atoms. The summed E-state index contributed by atoms with van der Waals surface area (Å²) < 4.78 is 2.91. The van der Waals surface area contributed by atoms with Gasteiger partial charge in [-0.05, 0) is 43.5 Å². The first-order valence-corrected chi connectivity index (χ1v) is 11.4. The van der Waals surface area contributed by atoms with E-state index in [9.17, 15) is 14.4 Å². The van der Waals surface area contributed by atoms with Crippen LogP contribution in [0.25, 0.3) is 22.6 Å². The maximum absolute atomic E-state index is 13.0. The molecule has 1 saturated carbocycles. The van der Waals surface area contributed by atoms with Crippen molar-refractivity contribution in [3.8, 4) is 11.4 Å². The Morgan fingerprint density at radius 3 is 2.65 bits per heavy atom. The molecule has 2 N–H and O–H groups in total. The maximum atomic E-state index is 13.0. The number of halogens is 1. The first-order valence-electron chi connectivity index (χ1n) is 11.1. The predicted molar refractivity (Wildman–Crippen MR) is 128 cm³/mol. The third-order valence-corrected chi connectivity index (χ3v) is 5.91. The van der Waals surface area contributed by atoms with Crippen LogP contribution in [0.15, 0.2) is 46.2 Å². The van der Waals surface area contributed by atoms with Crippen LogP contribution in [0, 0.1) is 0 Å². The fourth-order valence-electron chi connectivity index (χ4n) is 3.81. The molecule has 10 nitrogen and oxygen atoms in total. The number of hydrogen-bond donors (Lipinski definition) is 2. The number of rotatable bonds is 8. The number of aryl methyl sites for hydroxylation is 1. The number of nitrogens with one attached hydrogen (secondary N) is 2. The van der Waals surface area contributed by atoms with E-state index in [0.29, 0.717) is 45.6 Å². The van der Waals surface area contributed by atoms with Crippen LogP contribution < -0.4 is 16.6 Å². The number of imidazole rings is 1. The van der Waals surface area contributed by atoms with Gasteiger partial charge in [-0.15, -0.1) is 0 Å². The Morgan fingerprint density at radius 2 is 2.00 bits per heavy atom. The summed E-state index contributed by atoms with van der Waals surface area (Å²) >= 11 is 5.75. The summed E-state index contributed by atoms with van der Waals surface area (Å²) in [5.41, 5.74) is 1.13. The molecular formula is C23H22ClN7O3. The van der Waals surface area contributed by atoms with Gasteiger partial charge in [-0.2, -0.15) is 0 Å². The zero-order chi connectivity index (χ0) is 23.8. The summed E-state index contributed by atoms with van der Waals surface area (Å²) in [6.07, 6.45) is 5.44. The summed E-state index contributed by atoms with van der Waals surface area (Å²) in [7, 11) is 0. The van der Waals surface area contributed by atoms with Gasteiger partial charge in [0.25, 0.3) is 5.56 Å². The number of aromatic amines is 1. The second-order valence-electron chi connectivity index (χ2n) is 8.20. The van der Waals surface area contributed by atoms with Gasteiger partial charge < -0.3 is 10.3 Å². The monoisotopic (exact) mass is 479 g/mol. The third kappa shape index (κ3) is 4.12. The van der Waals surface area contributed by atoms with Gasteiger partial charge in [-0.25, -0.2) is 19.7 Å². The zero-order valence-corrected chi connectivity index (χ0v) is 19.2. The largest absolute Gasteiger partial charge is 0.363 e. The summed E-state index contributed by atoms with van der Waals surface area (Å²) in [4.78, 5) is 54.1. The zero-order valence-electron chi connectivity index (χ0n) is 18.4. The molecule has 0 amide bonds. The van der Waals surface area contributed by atoms with Crippen molar-refractivity contribution in [2.45, 2.75) is 38.8 Å². The number of pyridine rings is 2. The van der Waals surface area contributed by atoms with Gasteiger partial charge in [0, 0.05) is 36.1 Å². The summed E-state index contributed by atoms with van der Waals surface area (Å²) in [6, 6.07) is 6.65. The van der Waals surface area contributed by atoms with E-state index in [1.54, 1.807) is 35.0 Å². The van der Waals surface area contributed by atoms with Crippen LogP contribution in [-0.4, -0.2) is 41.4 Å². The van der Waals surface area contributed by atoms with Crippen molar-refractivity contribution in [1.29, 1.82) is 0 Å². The Bertz CT molecular complexity index is 1480. The quantitative estimate of drug-likeness (QED) is 0.293. The molecule has 0 aliphatic heterocycles. The molecule has 4 aromatic heterocycles. The fourth-order valence-corrected chi connectivity index (χ4v) is 3.92. The van der Waals surface area contributed by atoms with Gasteiger partial charge in [0.15, 0.2) is 11.4 Å². The number of fused-ring (bicyclic) bond motifs is 1. The molecule has 174 valence electrons.